The van der Waals surface area contributed by atoms with Gasteiger partial charge >= 0.3 is 0 Å². The van der Waals surface area contributed by atoms with E-state index < -0.39 is 0 Å². The van der Waals surface area contributed by atoms with Crippen LogP contribution in [0.2, 0.25) is 0 Å². The van der Waals surface area contributed by atoms with Crippen LogP contribution in [-0.4, -0.2) is 23.2 Å². The average Bonchev–Trinajstić information content (AvgIpc) is 2.53. The molecule has 5 nitrogen and oxygen atoms in total. The Balaban J connectivity index is 2.30. The minimum absolute atomic E-state index is 0.00278. The van der Waals surface area contributed by atoms with Gasteiger partial charge in [0.1, 0.15) is 5.75 Å². The lowest BCUT2D eigenvalue weighted by Gasteiger charge is -2.22. The van der Waals surface area contributed by atoms with Gasteiger partial charge in [-0.2, -0.15) is 0 Å². The highest BCUT2D eigenvalue weighted by molar-refractivity contribution is 5.35. The van der Waals surface area contributed by atoms with Crippen molar-refractivity contribution in [2.24, 2.45) is 0 Å². The van der Waals surface area contributed by atoms with Crippen molar-refractivity contribution in [2.75, 3.05) is 13.7 Å². The third kappa shape index (κ3) is 3.92. The van der Waals surface area contributed by atoms with Crippen LogP contribution in [0.15, 0.2) is 47.7 Å². The smallest absolute Gasteiger partial charge is 0.253 e. The maximum absolute atomic E-state index is 11.9. The molecule has 1 aromatic heterocycles. The van der Waals surface area contributed by atoms with Gasteiger partial charge in [0.25, 0.3) is 5.56 Å². The van der Waals surface area contributed by atoms with Crippen LogP contribution in [0.4, 0.5) is 0 Å². The summed E-state index contributed by atoms with van der Waals surface area (Å²) in [6.07, 6.45) is 4.10. The Morgan fingerprint density at radius 1 is 1.33 bits per heavy atom. The van der Waals surface area contributed by atoms with Crippen LogP contribution in [-0.2, 0) is 6.54 Å². The van der Waals surface area contributed by atoms with Gasteiger partial charge in [-0.15, -0.1) is 0 Å². The molecule has 21 heavy (non-hydrogen) atoms. The van der Waals surface area contributed by atoms with Gasteiger partial charge in [-0.3, -0.25) is 9.36 Å². The molecule has 2 aromatic rings. The fourth-order valence-electron chi connectivity index (χ4n) is 2.26. The predicted molar refractivity (Wildman–Crippen MR) is 82.5 cm³/mol. The molecule has 0 aliphatic carbocycles. The quantitative estimate of drug-likeness (QED) is 0.846. The van der Waals surface area contributed by atoms with Crippen molar-refractivity contribution >= 4 is 0 Å². The average molecular weight is 287 g/mol. The second kappa shape index (κ2) is 7.59. The van der Waals surface area contributed by atoms with E-state index in [9.17, 15) is 4.79 Å². The summed E-state index contributed by atoms with van der Waals surface area (Å²) in [5, 5.41) is 3.47. The minimum atomic E-state index is -0.0526. The zero-order chi connectivity index (χ0) is 15.1. The molecule has 1 unspecified atom stereocenters. The van der Waals surface area contributed by atoms with Crippen LogP contribution in [0.25, 0.3) is 0 Å². The number of ether oxygens (including phenoxy) is 1. The molecule has 112 valence electrons. The molecule has 0 bridgehead atoms. The number of hydrogen-bond donors (Lipinski definition) is 1. The maximum Gasteiger partial charge on any atom is 0.253 e. The van der Waals surface area contributed by atoms with E-state index >= 15 is 0 Å². The first-order chi connectivity index (χ1) is 10.3. The van der Waals surface area contributed by atoms with E-state index in [-0.39, 0.29) is 11.6 Å². The molecule has 1 atom stereocenters. The first-order valence-electron chi connectivity index (χ1n) is 7.13. The van der Waals surface area contributed by atoms with Crippen LogP contribution in [0.5, 0.6) is 5.75 Å². The molecule has 0 spiro atoms. The number of nitrogens with zero attached hydrogens (tertiary/aromatic N) is 2. The fraction of sp³-hybridized carbons (Fsp3) is 0.375. The van der Waals surface area contributed by atoms with Crippen LogP contribution in [0.1, 0.15) is 24.9 Å². The van der Waals surface area contributed by atoms with E-state index in [1.54, 1.807) is 18.0 Å². The van der Waals surface area contributed by atoms with Gasteiger partial charge in [-0.1, -0.05) is 25.1 Å². The van der Waals surface area contributed by atoms with Crippen molar-refractivity contribution in [2.45, 2.75) is 25.9 Å². The van der Waals surface area contributed by atoms with Crippen LogP contribution in [0, 0.1) is 0 Å². The van der Waals surface area contributed by atoms with Crippen molar-refractivity contribution in [1.29, 1.82) is 0 Å². The lowest BCUT2D eigenvalue weighted by atomic mass is 10.1. The summed E-state index contributed by atoms with van der Waals surface area (Å²) in [5.74, 6) is 0.822. The van der Waals surface area contributed by atoms with Crippen molar-refractivity contribution in [3.05, 3.63) is 58.8 Å². The molecule has 1 aromatic carbocycles. The molecule has 5 heteroatoms. The molecule has 0 aliphatic heterocycles. The lowest BCUT2D eigenvalue weighted by molar-refractivity contribution is 0.387. The minimum Gasteiger partial charge on any atom is -0.496 e. The molecule has 0 radical (unpaired) electrons. The predicted octanol–water partition coefficient (Wildman–Crippen LogP) is 1.99. The number of methoxy groups -OCH3 is 1. The van der Waals surface area contributed by atoms with Gasteiger partial charge in [-0.05, 0) is 19.0 Å². The highest BCUT2D eigenvalue weighted by atomic mass is 16.5. The summed E-state index contributed by atoms with van der Waals surface area (Å²) in [7, 11) is 1.66. The van der Waals surface area contributed by atoms with Gasteiger partial charge in [0.2, 0.25) is 0 Å². The topological polar surface area (TPSA) is 56.2 Å². The number of rotatable bonds is 7. The van der Waals surface area contributed by atoms with Crippen LogP contribution < -0.4 is 15.6 Å². The van der Waals surface area contributed by atoms with Crippen molar-refractivity contribution in [1.82, 2.24) is 14.9 Å². The number of aromatic nitrogens is 2. The molecule has 0 fully saturated rings. The summed E-state index contributed by atoms with van der Waals surface area (Å²) in [4.78, 5) is 15.9. The number of hydrogen-bond acceptors (Lipinski definition) is 4. The molecule has 0 saturated carbocycles. The molecule has 0 amide bonds. The largest absolute Gasteiger partial charge is 0.496 e. The summed E-state index contributed by atoms with van der Waals surface area (Å²) in [5.41, 5.74) is 0.993. The summed E-state index contributed by atoms with van der Waals surface area (Å²) in [6, 6.07) is 9.34. The first kappa shape index (κ1) is 15.3. The Labute approximate surface area is 124 Å². The van der Waals surface area contributed by atoms with E-state index in [0.717, 1.165) is 24.3 Å². The lowest BCUT2D eigenvalue weighted by Crippen LogP contribution is -2.31. The van der Waals surface area contributed by atoms with Gasteiger partial charge in [0, 0.05) is 24.4 Å². The standard InChI is InChI=1S/C16H21N3O2/c1-3-9-18-14(11-19-12-17-10-8-16(19)20)13-6-4-5-7-15(13)21-2/h4-8,10,12,14,18H,3,9,11H2,1-2H3. The molecule has 1 heterocycles. The zero-order valence-corrected chi connectivity index (χ0v) is 12.5. The number of benzene rings is 1. The zero-order valence-electron chi connectivity index (χ0n) is 12.5. The monoisotopic (exact) mass is 287 g/mol. The SMILES string of the molecule is CCCNC(Cn1cnccc1=O)c1ccccc1OC. The second-order valence-electron chi connectivity index (χ2n) is 4.82. The van der Waals surface area contributed by atoms with Gasteiger partial charge in [-0.25, -0.2) is 4.98 Å². The molecular weight excluding hydrogens is 266 g/mol. The summed E-state index contributed by atoms with van der Waals surface area (Å²) < 4.78 is 7.04. The maximum atomic E-state index is 11.9. The van der Waals surface area contributed by atoms with Crippen molar-refractivity contribution < 1.29 is 4.74 Å². The number of para-hydroxylation sites is 1. The Morgan fingerprint density at radius 3 is 2.86 bits per heavy atom. The molecule has 0 saturated heterocycles. The van der Waals surface area contributed by atoms with E-state index in [0.29, 0.717) is 6.54 Å². The van der Waals surface area contributed by atoms with Crippen molar-refractivity contribution in [3.63, 3.8) is 0 Å². The first-order valence-corrected chi connectivity index (χ1v) is 7.13. The Kier molecular flexibility index (Phi) is 5.51. The second-order valence-corrected chi connectivity index (χ2v) is 4.82. The molecule has 1 N–H and O–H groups in total. The normalized spacial score (nSPS) is 12.1. The number of nitrogens with one attached hydrogen (secondary N) is 1. The van der Waals surface area contributed by atoms with E-state index in [2.05, 4.69) is 17.2 Å². The fourth-order valence-corrected chi connectivity index (χ4v) is 2.26. The van der Waals surface area contributed by atoms with Crippen LogP contribution >= 0.6 is 0 Å². The summed E-state index contributed by atoms with van der Waals surface area (Å²) in [6.45, 7) is 3.51. The third-order valence-electron chi connectivity index (χ3n) is 3.33. The van der Waals surface area contributed by atoms with Gasteiger partial charge in [0.15, 0.2) is 0 Å². The van der Waals surface area contributed by atoms with Crippen molar-refractivity contribution in [3.8, 4) is 5.75 Å². The highest BCUT2D eigenvalue weighted by Crippen LogP contribution is 2.25. The third-order valence-corrected chi connectivity index (χ3v) is 3.33. The van der Waals surface area contributed by atoms with Crippen LogP contribution in [0.3, 0.4) is 0 Å². The van der Waals surface area contributed by atoms with Gasteiger partial charge in [0.05, 0.1) is 19.5 Å². The highest BCUT2D eigenvalue weighted by Gasteiger charge is 2.16. The van der Waals surface area contributed by atoms with E-state index in [1.807, 2.05) is 24.3 Å². The van der Waals surface area contributed by atoms with E-state index in [4.69, 9.17) is 4.74 Å². The molecule has 0 aliphatic rings. The summed E-state index contributed by atoms with van der Waals surface area (Å²) >= 11 is 0. The Hall–Kier alpha value is -2.14. The van der Waals surface area contributed by atoms with E-state index in [1.165, 1.54) is 12.3 Å². The Bertz CT molecular complexity index is 625. The Morgan fingerprint density at radius 2 is 2.14 bits per heavy atom. The molecule has 2 rings (SSSR count). The molecular formula is C16H21N3O2. The van der Waals surface area contributed by atoms with Gasteiger partial charge < -0.3 is 10.1 Å².